The molecular weight excluding hydrogens is 444 g/mol. The van der Waals surface area contributed by atoms with Crippen molar-refractivity contribution in [3.05, 3.63) is 93.5 Å². The smallest absolute Gasteiger partial charge is 0.320 e. The number of hydrogen-bond donors (Lipinski definition) is 1. The number of hydrogen-bond acceptors (Lipinski definition) is 3. The Morgan fingerprint density at radius 3 is 2.62 bits per heavy atom. The van der Waals surface area contributed by atoms with E-state index in [-0.39, 0.29) is 0 Å². The van der Waals surface area contributed by atoms with Crippen LogP contribution in [0.2, 0.25) is 5.02 Å². The first kappa shape index (κ1) is 23.8. The van der Waals surface area contributed by atoms with Gasteiger partial charge in [0.25, 0.3) is 0 Å². The first-order valence-electron chi connectivity index (χ1n) is 11.5. The third-order valence-corrected chi connectivity index (χ3v) is 6.79. The number of benzene rings is 3. The lowest BCUT2D eigenvalue weighted by molar-refractivity contribution is -0.144. The third kappa shape index (κ3) is 5.22. The topological polar surface area (TPSA) is 64.3 Å². The van der Waals surface area contributed by atoms with Gasteiger partial charge in [0, 0.05) is 17.1 Å². The largest absolute Gasteiger partial charge is 0.480 e. The zero-order chi connectivity index (χ0) is 24.1. The van der Waals surface area contributed by atoms with Gasteiger partial charge >= 0.3 is 5.97 Å². The van der Waals surface area contributed by atoms with E-state index in [0.717, 1.165) is 52.8 Å². The molecule has 4 rings (SSSR count). The number of likely N-dealkylation sites (tertiary alicyclic amines) is 1. The second-order valence-electron chi connectivity index (χ2n) is 8.70. The molecule has 1 aliphatic heterocycles. The predicted molar refractivity (Wildman–Crippen MR) is 137 cm³/mol. The van der Waals surface area contributed by atoms with Crippen LogP contribution in [0.3, 0.4) is 0 Å². The predicted octanol–water partition coefficient (Wildman–Crippen LogP) is 6.80. The van der Waals surface area contributed by atoms with Crippen molar-refractivity contribution in [1.82, 2.24) is 4.90 Å². The van der Waals surface area contributed by atoms with Gasteiger partial charge in [-0.25, -0.2) is 0 Å². The quantitative estimate of drug-likeness (QED) is 0.402. The Balaban J connectivity index is 1.60. The van der Waals surface area contributed by atoms with E-state index in [1.54, 1.807) is 0 Å². The Morgan fingerprint density at radius 1 is 1.12 bits per heavy atom. The number of rotatable bonds is 6. The van der Waals surface area contributed by atoms with Gasteiger partial charge in [0.1, 0.15) is 12.1 Å². The Hall–Kier alpha value is -3.39. The third-order valence-electron chi connectivity index (χ3n) is 6.46. The highest BCUT2D eigenvalue weighted by atomic mass is 35.5. The minimum absolute atomic E-state index is 0.437. The van der Waals surface area contributed by atoms with Crippen molar-refractivity contribution in [2.24, 2.45) is 0 Å². The molecule has 4 nitrogen and oxygen atoms in total. The van der Waals surface area contributed by atoms with Crippen molar-refractivity contribution in [2.45, 2.75) is 38.8 Å². The molecule has 0 aromatic heterocycles. The summed E-state index contributed by atoms with van der Waals surface area (Å²) in [6.45, 7) is 3.38. The maximum atomic E-state index is 11.6. The van der Waals surface area contributed by atoms with Gasteiger partial charge in [-0.1, -0.05) is 84.8 Å². The fourth-order valence-corrected chi connectivity index (χ4v) is 4.84. The molecule has 1 aliphatic rings. The highest BCUT2D eigenvalue weighted by Gasteiger charge is 2.28. The summed E-state index contributed by atoms with van der Waals surface area (Å²) in [4.78, 5) is 13.7. The van der Waals surface area contributed by atoms with Gasteiger partial charge in [-0.2, -0.15) is 5.26 Å². The summed E-state index contributed by atoms with van der Waals surface area (Å²) < 4.78 is 0. The van der Waals surface area contributed by atoms with Crippen LogP contribution in [0.1, 0.15) is 47.1 Å². The first-order valence-corrected chi connectivity index (χ1v) is 11.9. The van der Waals surface area contributed by atoms with E-state index in [9.17, 15) is 15.2 Å². The lowest BCUT2D eigenvalue weighted by Crippen LogP contribution is -2.44. The van der Waals surface area contributed by atoms with E-state index in [0.29, 0.717) is 23.6 Å². The number of halogens is 1. The molecule has 0 unspecified atom stereocenters. The van der Waals surface area contributed by atoms with E-state index in [1.807, 2.05) is 84.6 Å². The molecule has 0 saturated carbocycles. The Kier molecular flexibility index (Phi) is 7.47. The lowest BCUT2D eigenvalue weighted by atomic mass is 9.95. The summed E-state index contributed by atoms with van der Waals surface area (Å²) in [6.07, 6.45) is 6.52. The standard InChI is InChI=1S/C29H27ClN2O2/c1-20-16-23(27(30)17-24(20)19-32-15-6-5-12-28(32)29(33)34)14-13-22-10-7-11-25(26(22)18-31)21-8-3-2-4-9-21/h2-4,7-11,13-14,16-17,28H,5-6,12,15,19H2,1H3,(H,33,34)/b14-13+/t28-/m0/s1. The Bertz CT molecular complexity index is 1260. The normalized spacial score (nSPS) is 16.4. The van der Waals surface area contributed by atoms with Crippen molar-refractivity contribution in [2.75, 3.05) is 6.54 Å². The van der Waals surface area contributed by atoms with Gasteiger partial charge in [0.15, 0.2) is 0 Å². The number of carboxylic acids is 1. The van der Waals surface area contributed by atoms with Gasteiger partial charge < -0.3 is 5.11 Å². The highest BCUT2D eigenvalue weighted by molar-refractivity contribution is 6.32. The van der Waals surface area contributed by atoms with Gasteiger partial charge in [-0.05, 0) is 60.2 Å². The van der Waals surface area contributed by atoms with E-state index < -0.39 is 12.0 Å². The molecule has 1 fully saturated rings. The molecule has 1 N–H and O–H groups in total. The van der Waals surface area contributed by atoms with Crippen molar-refractivity contribution >= 4 is 29.7 Å². The van der Waals surface area contributed by atoms with Crippen LogP contribution in [0.25, 0.3) is 23.3 Å². The monoisotopic (exact) mass is 470 g/mol. The van der Waals surface area contributed by atoms with Crippen molar-refractivity contribution in [1.29, 1.82) is 5.26 Å². The summed E-state index contributed by atoms with van der Waals surface area (Å²) in [5.41, 5.74) is 6.34. The molecule has 3 aromatic carbocycles. The van der Waals surface area contributed by atoms with Crippen molar-refractivity contribution in [3.63, 3.8) is 0 Å². The Labute approximate surface area is 205 Å². The molecule has 0 spiro atoms. The molecule has 172 valence electrons. The van der Waals surface area contributed by atoms with Crippen LogP contribution in [0.4, 0.5) is 0 Å². The molecular formula is C29H27ClN2O2. The van der Waals surface area contributed by atoms with Gasteiger partial charge in [0.2, 0.25) is 0 Å². The fourth-order valence-electron chi connectivity index (χ4n) is 4.59. The maximum Gasteiger partial charge on any atom is 0.320 e. The van der Waals surface area contributed by atoms with Crippen LogP contribution in [0.5, 0.6) is 0 Å². The summed E-state index contributed by atoms with van der Waals surface area (Å²) in [5, 5.41) is 20.0. The van der Waals surface area contributed by atoms with Crippen LogP contribution >= 0.6 is 11.6 Å². The summed E-state index contributed by atoms with van der Waals surface area (Å²) >= 11 is 6.63. The van der Waals surface area contributed by atoms with Crippen LogP contribution in [-0.4, -0.2) is 28.6 Å². The molecule has 1 atom stereocenters. The molecule has 1 heterocycles. The molecule has 0 aliphatic carbocycles. The molecule has 5 heteroatoms. The molecule has 1 saturated heterocycles. The van der Waals surface area contributed by atoms with Crippen LogP contribution in [0, 0.1) is 18.3 Å². The molecule has 0 bridgehead atoms. The van der Waals surface area contributed by atoms with E-state index in [1.165, 1.54) is 0 Å². The zero-order valence-corrected chi connectivity index (χ0v) is 19.9. The lowest BCUT2D eigenvalue weighted by Gasteiger charge is -2.33. The van der Waals surface area contributed by atoms with Gasteiger partial charge in [-0.15, -0.1) is 0 Å². The summed E-state index contributed by atoms with van der Waals surface area (Å²) in [5.74, 6) is -0.756. The average molecular weight is 471 g/mol. The second-order valence-corrected chi connectivity index (χ2v) is 9.11. The zero-order valence-electron chi connectivity index (χ0n) is 19.2. The van der Waals surface area contributed by atoms with E-state index in [4.69, 9.17) is 11.6 Å². The van der Waals surface area contributed by atoms with Gasteiger partial charge in [0.05, 0.1) is 5.56 Å². The minimum atomic E-state index is -0.756. The van der Waals surface area contributed by atoms with Crippen LogP contribution in [0.15, 0.2) is 60.7 Å². The highest BCUT2D eigenvalue weighted by Crippen LogP contribution is 2.29. The Morgan fingerprint density at radius 2 is 1.88 bits per heavy atom. The molecule has 34 heavy (non-hydrogen) atoms. The molecule has 3 aromatic rings. The second kappa shape index (κ2) is 10.7. The SMILES string of the molecule is Cc1cc(/C=C/c2cccc(-c3ccccc3)c2C#N)c(Cl)cc1CN1CCCC[C@H]1C(=O)O. The van der Waals surface area contributed by atoms with Crippen LogP contribution in [-0.2, 0) is 11.3 Å². The number of aliphatic carboxylic acids is 1. The maximum absolute atomic E-state index is 11.6. The first-order chi connectivity index (χ1) is 16.5. The van der Waals surface area contributed by atoms with Crippen molar-refractivity contribution < 1.29 is 9.90 Å². The van der Waals surface area contributed by atoms with E-state index >= 15 is 0 Å². The molecule has 0 amide bonds. The number of aryl methyl sites for hydroxylation is 1. The molecule has 0 radical (unpaired) electrons. The van der Waals surface area contributed by atoms with Crippen molar-refractivity contribution in [3.8, 4) is 17.2 Å². The number of nitrogens with zero attached hydrogens (tertiary/aromatic N) is 2. The number of carbonyl (C=O) groups is 1. The van der Waals surface area contributed by atoms with E-state index in [2.05, 4.69) is 6.07 Å². The number of piperidine rings is 1. The number of nitriles is 1. The van der Waals surface area contributed by atoms with Crippen LogP contribution < -0.4 is 0 Å². The average Bonchev–Trinajstić information content (AvgIpc) is 2.85. The fraction of sp³-hybridized carbons (Fsp3) is 0.241. The number of carboxylic acid groups (broad SMARTS) is 1. The van der Waals surface area contributed by atoms with Gasteiger partial charge in [-0.3, -0.25) is 9.69 Å². The summed E-state index contributed by atoms with van der Waals surface area (Å²) in [6, 6.07) is 21.6. The summed E-state index contributed by atoms with van der Waals surface area (Å²) in [7, 11) is 0. The minimum Gasteiger partial charge on any atom is -0.480 e.